The Kier molecular flexibility index (Phi) is 5.09. The summed E-state index contributed by atoms with van der Waals surface area (Å²) in [6, 6.07) is 0. The van der Waals surface area contributed by atoms with Crippen LogP contribution < -0.4 is 5.32 Å². The highest BCUT2D eigenvalue weighted by molar-refractivity contribution is 5.75. The van der Waals surface area contributed by atoms with E-state index in [9.17, 15) is 4.79 Å². The SMILES string of the molecule is CCCCCCC(=O)NCC1(C)COC1. The Morgan fingerprint density at radius 1 is 1.33 bits per heavy atom. The molecule has 3 nitrogen and oxygen atoms in total. The predicted octanol–water partition coefficient (Wildman–Crippen LogP) is 2.11. The van der Waals surface area contributed by atoms with Crippen LogP contribution in [0.25, 0.3) is 0 Å². The molecule has 0 atom stereocenters. The number of nitrogens with one attached hydrogen (secondary N) is 1. The Morgan fingerprint density at radius 2 is 2.07 bits per heavy atom. The molecule has 0 aromatic rings. The minimum absolute atomic E-state index is 0.194. The lowest BCUT2D eigenvalue weighted by molar-refractivity contribution is -0.126. The number of carbonyl (C=O) groups excluding carboxylic acids is 1. The van der Waals surface area contributed by atoms with E-state index in [1.807, 2.05) is 0 Å². The summed E-state index contributed by atoms with van der Waals surface area (Å²) in [6.45, 7) is 6.65. The Hall–Kier alpha value is -0.570. The van der Waals surface area contributed by atoms with Crippen LogP contribution >= 0.6 is 0 Å². The average molecular weight is 213 g/mol. The summed E-state index contributed by atoms with van der Waals surface area (Å²) in [5, 5.41) is 2.98. The third-order valence-corrected chi connectivity index (χ3v) is 2.87. The van der Waals surface area contributed by atoms with Crippen molar-refractivity contribution in [2.45, 2.75) is 46.0 Å². The van der Waals surface area contributed by atoms with Gasteiger partial charge in [-0.25, -0.2) is 0 Å². The maximum absolute atomic E-state index is 11.4. The monoisotopic (exact) mass is 213 g/mol. The van der Waals surface area contributed by atoms with Crippen LogP contribution in [0, 0.1) is 5.41 Å². The molecule has 0 saturated carbocycles. The second-order valence-corrected chi connectivity index (χ2v) is 4.89. The van der Waals surface area contributed by atoms with Gasteiger partial charge in [0.05, 0.1) is 13.2 Å². The molecule has 1 N–H and O–H groups in total. The molecule has 1 heterocycles. The minimum atomic E-state index is 0.194. The Labute approximate surface area is 92.6 Å². The standard InChI is InChI=1S/C12H23NO2/c1-3-4-5-6-7-11(14)13-8-12(2)9-15-10-12/h3-10H2,1-2H3,(H,13,14). The van der Waals surface area contributed by atoms with Gasteiger partial charge in [0.15, 0.2) is 0 Å². The lowest BCUT2D eigenvalue weighted by Gasteiger charge is -2.38. The smallest absolute Gasteiger partial charge is 0.220 e. The van der Waals surface area contributed by atoms with Crippen LogP contribution in [0.1, 0.15) is 46.0 Å². The lowest BCUT2D eigenvalue weighted by Crippen LogP contribution is -2.48. The summed E-state index contributed by atoms with van der Waals surface area (Å²) >= 11 is 0. The van der Waals surface area contributed by atoms with E-state index in [4.69, 9.17) is 4.74 Å². The molecule has 1 fully saturated rings. The van der Waals surface area contributed by atoms with Gasteiger partial charge >= 0.3 is 0 Å². The van der Waals surface area contributed by atoms with Gasteiger partial charge in [-0.2, -0.15) is 0 Å². The van der Waals surface area contributed by atoms with Crippen LogP contribution in [0.3, 0.4) is 0 Å². The molecule has 1 aliphatic heterocycles. The molecule has 0 bridgehead atoms. The van der Waals surface area contributed by atoms with Crippen molar-refractivity contribution in [1.29, 1.82) is 0 Å². The van der Waals surface area contributed by atoms with E-state index in [1.54, 1.807) is 0 Å². The molecule has 1 amide bonds. The largest absolute Gasteiger partial charge is 0.380 e. The number of ether oxygens (including phenoxy) is 1. The van der Waals surface area contributed by atoms with Gasteiger partial charge in [-0.3, -0.25) is 4.79 Å². The molecule has 0 unspecified atom stereocenters. The van der Waals surface area contributed by atoms with Crippen molar-refractivity contribution in [2.24, 2.45) is 5.41 Å². The maximum Gasteiger partial charge on any atom is 0.220 e. The number of amides is 1. The number of unbranched alkanes of at least 4 members (excludes halogenated alkanes) is 3. The number of hydrogen-bond acceptors (Lipinski definition) is 2. The molecule has 3 heteroatoms. The molecule has 0 radical (unpaired) electrons. The van der Waals surface area contributed by atoms with Crippen LogP contribution in [-0.4, -0.2) is 25.7 Å². The highest BCUT2D eigenvalue weighted by atomic mass is 16.5. The van der Waals surface area contributed by atoms with E-state index in [-0.39, 0.29) is 11.3 Å². The normalized spacial score (nSPS) is 18.3. The third kappa shape index (κ3) is 4.65. The van der Waals surface area contributed by atoms with Crippen molar-refractivity contribution >= 4 is 5.91 Å². The second-order valence-electron chi connectivity index (χ2n) is 4.89. The highest BCUT2D eigenvalue weighted by Gasteiger charge is 2.33. The summed E-state index contributed by atoms with van der Waals surface area (Å²) in [6.07, 6.45) is 5.32. The fourth-order valence-corrected chi connectivity index (χ4v) is 1.67. The van der Waals surface area contributed by atoms with Gasteiger partial charge in [-0.1, -0.05) is 33.1 Å². The minimum Gasteiger partial charge on any atom is -0.380 e. The quantitative estimate of drug-likeness (QED) is 0.658. The third-order valence-electron chi connectivity index (χ3n) is 2.87. The molecule has 88 valence electrons. The van der Waals surface area contributed by atoms with E-state index >= 15 is 0 Å². The summed E-state index contributed by atoms with van der Waals surface area (Å²) in [7, 11) is 0. The first kappa shape index (κ1) is 12.5. The molecule has 1 saturated heterocycles. The van der Waals surface area contributed by atoms with E-state index in [2.05, 4.69) is 19.2 Å². The average Bonchev–Trinajstić information content (AvgIpc) is 2.19. The maximum atomic E-state index is 11.4. The zero-order valence-corrected chi connectivity index (χ0v) is 9.97. The van der Waals surface area contributed by atoms with Crippen LogP contribution in [0.4, 0.5) is 0 Å². The second kappa shape index (κ2) is 6.11. The van der Waals surface area contributed by atoms with Crippen LogP contribution in [0.15, 0.2) is 0 Å². The van der Waals surface area contributed by atoms with Gasteiger partial charge in [0.1, 0.15) is 0 Å². The van der Waals surface area contributed by atoms with Gasteiger partial charge in [-0.15, -0.1) is 0 Å². The molecule has 1 aliphatic rings. The van der Waals surface area contributed by atoms with Crippen LogP contribution in [-0.2, 0) is 9.53 Å². The van der Waals surface area contributed by atoms with E-state index in [0.717, 1.165) is 26.2 Å². The van der Waals surface area contributed by atoms with Gasteiger partial charge < -0.3 is 10.1 Å². The van der Waals surface area contributed by atoms with E-state index in [1.165, 1.54) is 19.3 Å². The lowest BCUT2D eigenvalue weighted by atomic mass is 9.89. The van der Waals surface area contributed by atoms with Crippen molar-refractivity contribution in [3.05, 3.63) is 0 Å². The molecule has 0 aromatic carbocycles. The number of hydrogen-bond donors (Lipinski definition) is 1. The van der Waals surface area contributed by atoms with Crippen molar-refractivity contribution in [3.63, 3.8) is 0 Å². The molecule has 1 rings (SSSR count). The van der Waals surface area contributed by atoms with Crippen molar-refractivity contribution in [1.82, 2.24) is 5.32 Å². The number of rotatable bonds is 7. The summed E-state index contributed by atoms with van der Waals surface area (Å²) in [5.74, 6) is 0.194. The Morgan fingerprint density at radius 3 is 2.60 bits per heavy atom. The first-order chi connectivity index (χ1) is 7.16. The van der Waals surface area contributed by atoms with Crippen LogP contribution in [0.5, 0.6) is 0 Å². The van der Waals surface area contributed by atoms with Gasteiger partial charge in [0.2, 0.25) is 5.91 Å². The van der Waals surface area contributed by atoms with Gasteiger partial charge in [-0.05, 0) is 6.42 Å². The predicted molar refractivity (Wildman–Crippen MR) is 60.7 cm³/mol. The van der Waals surface area contributed by atoms with Crippen molar-refractivity contribution in [2.75, 3.05) is 19.8 Å². The molecule has 0 aliphatic carbocycles. The molecule has 15 heavy (non-hydrogen) atoms. The summed E-state index contributed by atoms with van der Waals surface area (Å²) in [5.41, 5.74) is 0.194. The molecule has 0 spiro atoms. The summed E-state index contributed by atoms with van der Waals surface area (Å²) in [4.78, 5) is 11.4. The first-order valence-electron chi connectivity index (χ1n) is 6.01. The van der Waals surface area contributed by atoms with Crippen LogP contribution in [0.2, 0.25) is 0 Å². The fourth-order valence-electron chi connectivity index (χ4n) is 1.67. The van der Waals surface area contributed by atoms with Gasteiger partial charge in [0.25, 0.3) is 0 Å². The zero-order chi connectivity index (χ0) is 11.1. The summed E-state index contributed by atoms with van der Waals surface area (Å²) < 4.78 is 5.13. The first-order valence-corrected chi connectivity index (χ1v) is 6.01. The Bertz CT molecular complexity index is 200. The number of carbonyl (C=O) groups is 1. The topological polar surface area (TPSA) is 38.3 Å². The Balaban J connectivity index is 1.98. The highest BCUT2D eigenvalue weighted by Crippen LogP contribution is 2.25. The van der Waals surface area contributed by atoms with E-state index < -0.39 is 0 Å². The van der Waals surface area contributed by atoms with Crippen molar-refractivity contribution < 1.29 is 9.53 Å². The van der Waals surface area contributed by atoms with Gasteiger partial charge in [0, 0.05) is 18.4 Å². The van der Waals surface area contributed by atoms with E-state index in [0.29, 0.717) is 6.42 Å². The molecular weight excluding hydrogens is 190 g/mol. The fraction of sp³-hybridized carbons (Fsp3) is 0.917. The zero-order valence-electron chi connectivity index (χ0n) is 9.97. The van der Waals surface area contributed by atoms with Crippen molar-refractivity contribution in [3.8, 4) is 0 Å². The molecule has 0 aromatic heterocycles. The molecular formula is C12H23NO2.